The maximum atomic E-state index is 5.93. The number of hydrogen-bond donors (Lipinski definition) is 0. The minimum Gasteiger partial charge on any atom is -0.456 e. The van der Waals surface area contributed by atoms with Gasteiger partial charge < -0.3 is 4.42 Å². The average Bonchev–Trinajstić information content (AvgIpc) is 3.00. The summed E-state index contributed by atoms with van der Waals surface area (Å²) in [6, 6.07) is 20.2. The summed E-state index contributed by atoms with van der Waals surface area (Å²) in [6.07, 6.45) is 3.67. The van der Waals surface area contributed by atoms with E-state index in [2.05, 4.69) is 34.2 Å². The highest BCUT2D eigenvalue weighted by Gasteiger charge is 2.14. The maximum absolute atomic E-state index is 5.93. The van der Waals surface area contributed by atoms with Gasteiger partial charge in [0.15, 0.2) is 0 Å². The van der Waals surface area contributed by atoms with Crippen LogP contribution >= 0.6 is 0 Å². The van der Waals surface area contributed by atoms with E-state index in [1.165, 1.54) is 0 Å². The van der Waals surface area contributed by atoms with Gasteiger partial charge in [0.05, 0.1) is 11.1 Å². The molecular formula is C20H12N2O. The molecule has 0 saturated carbocycles. The molecule has 0 aliphatic rings. The number of pyridine rings is 2. The van der Waals surface area contributed by atoms with Crippen LogP contribution in [0.25, 0.3) is 44.1 Å². The van der Waals surface area contributed by atoms with Gasteiger partial charge in [-0.25, -0.2) is 0 Å². The van der Waals surface area contributed by atoms with E-state index in [0.717, 1.165) is 44.1 Å². The number of furan rings is 1. The molecule has 3 nitrogen and oxygen atoms in total. The first-order valence-electron chi connectivity index (χ1n) is 7.51. The molecule has 108 valence electrons. The van der Waals surface area contributed by atoms with Crippen molar-refractivity contribution in [2.24, 2.45) is 0 Å². The number of benzene rings is 2. The van der Waals surface area contributed by atoms with Gasteiger partial charge in [0, 0.05) is 23.2 Å². The summed E-state index contributed by atoms with van der Waals surface area (Å²) in [4.78, 5) is 9.19. The van der Waals surface area contributed by atoms with Gasteiger partial charge in [-0.3, -0.25) is 9.97 Å². The van der Waals surface area contributed by atoms with Gasteiger partial charge in [-0.05, 0) is 23.6 Å². The average molecular weight is 296 g/mol. The van der Waals surface area contributed by atoms with Crippen LogP contribution in [-0.4, -0.2) is 9.97 Å². The van der Waals surface area contributed by atoms with E-state index in [1.54, 1.807) is 6.20 Å². The molecule has 0 unspecified atom stereocenters. The molecule has 0 saturated heterocycles. The quantitative estimate of drug-likeness (QED) is 0.427. The highest BCUT2D eigenvalue weighted by atomic mass is 16.3. The molecule has 3 heterocycles. The van der Waals surface area contributed by atoms with E-state index in [-0.39, 0.29) is 0 Å². The summed E-state index contributed by atoms with van der Waals surface area (Å²) in [6.45, 7) is 0. The minimum absolute atomic E-state index is 0.839. The van der Waals surface area contributed by atoms with Crippen molar-refractivity contribution in [1.82, 2.24) is 9.97 Å². The van der Waals surface area contributed by atoms with Gasteiger partial charge >= 0.3 is 0 Å². The molecule has 5 rings (SSSR count). The predicted molar refractivity (Wildman–Crippen MR) is 92.3 cm³/mol. The van der Waals surface area contributed by atoms with Crippen molar-refractivity contribution >= 4 is 32.7 Å². The lowest BCUT2D eigenvalue weighted by atomic mass is 10.1. The summed E-state index contributed by atoms with van der Waals surface area (Å²) < 4.78 is 5.93. The largest absolute Gasteiger partial charge is 0.456 e. The van der Waals surface area contributed by atoms with Gasteiger partial charge in [-0.15, -0.1) is 0 Å². The number of nitrogens with zero attached hydrogens (tertiary/aromatic N) is 2. The van der Waals surface area contributed by atoms with E-state index in [1.807, 2.05) is 42.6 Å². The third-order valence-corrected chi connectivity index (χ3v) is 4.16. The lowest BCUT2D eigenvalue weighted by Gasteiger charge is -2.04. The molecule has 0 bridgehead atoms. The Morgan fingerprint density at radius 3 is 2.52 bits per heavy atom. The molecule has 3 heteroatoms. The van der Waals surface area contributed by atoms with Crippen molar-refractivity contribution in [3.63, 3.8) is 0 Å². The highest BCUT2D eigenvalue weighted by molar-refractivity contribution is 6.11. The summed E-state index contributed by atoms with van der Waals surface area (Å²) in [5.41, 5.74) is 3.43. The first kappa shape index (κ1) is 12.4. The SMILES string of the molecule is c1ccc2cc(-c3nccc4oc5ccccc5c34)ncc2c1. The molecule has 0 N–H and O–H groups in total. The molecule has 3 aromatic heterocycles. The van der Waals surface area contributed by atoms with Gasteiger partial charge in [-0.2, -0.15) is 0 Å². The lowest BCUT2D eigenvalue weighted by Crippen LogP contribution is -1.88. The topological polar surface area (TPSA) is 38.9 Å². The fourth-order valence-corrected chi connectivity index (χ4v) is 3.08. The van der Waals surface area contributed by atoms with Crippen molar-refractivity contribution in [1.29, 1.82) is 0 Å². The maximum Gasteiger partial charge on any atom is 0.139 e. The first-order chi connectivity index (χ1) is 11.4. The molecule has 0 atom stereocenters. The summed E-state index contributed by atoms with van der Waals surface area (Å²) in [5, 5.41) is 4.37. The van der Waals surface area contributed by atoms with Crippen LogP contribution in [0.5, 0.6) is 0 Å². The van der Waals surface area contributed by atoms with Crippen LogP contribution in [-0.2, 0) is 0 Å². The van der Waals surface area contributed by atoms with E-state index >= 15 is 0 Å². The third kappa shape index (κ3) is 1.83. The van der Waals surface area contributed by atoms with Crippen molar-refractivity contribution < 1.29 is 4.42 Å². The summed E-state index contributed by atoms with van der Waals surface area (Å²) in [7, 11) is 0. The molecule has 0 fully saturated rings. The smallest absolute Gasteiger partial charge is 0.139 e. The van der Waals surface area contributed by atoms with Crippen LogP contribution in [0.3, 0.4) is 0 Å². The van der Waals surface area contributed by atoms with Crippen LogP contribution in [0.4, 0.5) is 0 Å². The molecule has 0 spiro atoms. The molecule has 0 amide bonds. The second kappa shape index (κ2) is 4.65. The van der Waals surface area contributed by atoms with E-state index in [9.17, 15) is 0 Å². The fourth-order valence-electron chi connectivity index (χ4n) is 3.08. The zero-order valence-corrected chi connectivity index (χ0v) is 12.2. The normalized spacial score (nSPS) is 11.5. The number of para-hydroxylation sites is 1. The van der Waals surface area contributed by atoms with Crippen LogP contribution in [0.2, 0.25) is 0 Å². The Labute approximate surface area is 132 Å². The fraction of sp³-hybridized carbons (Fsp3) is 0. The Morgan fingerprint density at radius 2 is 1.57 bits per heavy atom. The minimum atomic E-state index is 0.839. The Kier molecular flexibility index (Phi) is 2.50. The number of fused-ring (bicyclic) bond motifs is 4. The molecule has 2 aromatic carbocycles. The second-order valence-corrected chi connectivity index (χ2v) is 5.55. The van der Waals surface area contributed by atoms with Crippen molar-refractivity contribution in [2.75, 3.05) is 0 Å². The summed E-state index contributed by atoms with van der Waals surface area (Å²) >= 11 is 0. The van der Waals surface area contributed by atoms with Crippen molar-refractivity contribution in [3.05, 3.63) is 73.1 Å². The van der Waals surface area contributed by atoms with Crippen molar-refractivity contribution in [3.8, 4) is 11.4 Å². The number of rotatable bonds is 1. The van der Waals surface area contributed by atoms with Gasteiger partial charge in [0.1, 0.15) is 16.9 Å². The monoisotopic (exact) mass is 296 g/mol. The molecule has 5 aromatic rings. The van der Waals surface area contributed by atoms with Crippen LogP contribution in [0.1, 0.15) is 0 Å². The molecule has 0 aliphatic heterocycles. The lowest BCUT2D eigenvalue weighted by molar-refractivity contribution is 0.668. The molecule has 0 radical (unpaired) electrons. The Morgan fingerprint density at radius 1 is 0.739 bits per heavy atom. The number of hydrogen-bond acceptors (Lipinski definition) is 3. The van der Waals surface area contributed by atoms with Gasteiger partial charge in [0.25, 0.3) is 0 Å². The van der Waals surface area contributed by atoms with Gasteiger partial charge in [0.2, 0.25) is 0 Å². The first-order valence-corrected chi connectivity index (χ1v) is 7.51. The third-order valence-electron chi connectivity index (χ3n) is 4.16. The molecule has 23 heavy (non-hydrogen) atoms. The van der Waals surface area contributed by atoms with E-state index in [4.69, 9.17) is 4.42 Å². The Hall–Kier alpha value is -3.20. The van der Waals surface area contributed by atoms with E-state index in [0.29, 0.717) is 0 Å². The van der Waals surface area contributed by atoms with Crippen LogP contribution in [0, 0.1) is 0 Å². The van der Waals surface area contributed by atoms with Crippen LogP contribution in [0.15, 0.2) is 77.5 Å². The van der Waals surface area contributed by atoms with Crippen molar-refractivity contribution in [2.45, 2.75) is 0 Å². The predicted octanol–water partition coefficient (Wildman–Crippen LogP) is 5.20. The number of aromatic nitrogens is 2. The van der Waals surface area contributed by atoms with Crippen LogP contribution < -0.4 is 0 Å². The standard InChI is InChI=1S/C20H12N2O/c1-2-6-14-12-22-16(11-13(14)5-1)20-19-15-7-3-4-8-17(15)23-18(19)9-10-21-20/h1-12H. The van der Waals surface area contributed by atoms with E-state index < -0.39 is 0 Å². The zero-order valence-electron chi connectivity index (χ0n) is 12.2. The zero-order chi connectivity index (χ0) is 15.2. The Balaban J connectivity index is 1.87. The Bertz CT molecular complexity index is 1170. The van der Waals surface area contributed by atoms with Gasteiger partial charge in [-0.1, -0.05) is 42.5 Å². The highest BCUT2D eigenvalue weighted by Crippen LogP contribution is 2.34. The molecular weight excluding hydrogens is 284 g/mol. The second-order valence-electron chi connectivity index (χ2n) is 5.55. The molecule has 0 aliphatic carbocycles. The summed E-state index contributed by atoms with van der Waals surface area (Å²) in [5.74, 6) is 0.